The van der Waals surface area contributed by atoms with Crippen molar-refractivity contribution in [3.63, 3.8) is 0 Å². The molecule has 5 heteroatoms. The van der Waals surface area contributed by atoms with Crippen molar-refractivity contribution >= 4 is 15.9 Å². The summed E-state index contributed by atoms with van der Waals surface area (Å²) in [6.07, 6.45) is 0.728. The predicted molar refractivity (Wildman–Crippen MR) is 98.3 cm³/mol. The van der Waals surface area contributed by atoms with Gasteiger partial charge in [0.2, 0.25) is 0 Å². The lowest BCUT2D eigenvalue weighted by atomic mass is 10.1. The van der Waals surface area contributed by atoms with Gasteiger partial charge in [0.05, 0.1) is 13.2 Å². The first-order valence-electron chi connectivity index (χ1n) is 7.98. The van der Waals surface area contributed by atoms with Crippen LogP contribution in [0.5, 0.6) is 11.5 Å². The van der Waals surface area contributed by atoms with Gasteiger partial charge in [-0.2, -0.15) is 0 Å². The van der Waals surface area contributed by atoms with Crippen LogP contribution in [0.3, 0.4) is 0 Å². The number of halogens is 2. The molecule has 0 amide bonds. The van der Waals surface area contributed by atoms with Crippen LogP contribution in [-0.4, -0.2) is 19.8 Å². The van der Waals surface area contributed by atoms with Crippen molar-refractivity contribution in [1.82, 2.24) is 5.32 Å². The molecule has 0 saturated heterocycles. The summed E-state index contributed by atoms with van der Waals surface area (Å²) < 4.78 is 25.7. The summed E-state index contributed by atoms with van der Waals surface area (Å²) in [5.74, 6) is 1.27. The van der Waals surface area contributed by atoms with E-state index in [4.69, 9.17) is 9.47 Å². The number of methoxy groups -OCH3 is 1. The molecule has 24 heavy (non-hydrogen) atoms. The molecule has 0 radical (unpaired) electrons. The summed E-state index contributed by atoms with van der Waals surface area (Å²) in [7, 11) is 1.63. The molecule has 0 spiro atoms. The van der Waals surface area contributed by atoms with E-state index in [9.17, 15) is 4.39 Å². The quantitative estimate of drug-likeness (QED) is 0.656. The van der Waals surface area contributed by atoms with Gasteiger partial charge in [0.15, 0.2) is 11.5 Å². The van der Waals surface area contributed by atoms with Crippen LogP contribution in [0.2, 0.25) is 0 Å². The second-order valence-electron chi connectivity index (χ2n) is 5.78. The van der Waals surface area contributed by atoms with Crippen LogP contribution in [0.1, 0.15) is 25.0 Å². The number of hydrogen-bond donors (Lipinski definition) is 1. The fourth-order valence-electron chi connectivity index (χ4n) is 2.37. The molecule has 0 fully saturated rings. The average Bonchev–Trinajstić information content (AvgIpc) is 2.54. The zero-order chi connectivity index (χ0) is 17.5. The SMILES string of the molecule is COc1cc(CNCCc2ccccc2F)c(Br)cc1OC(C)C. The smallest absolute Gasteiger partial charge is 0.162 e. The normalized spacial score (nSPS) is 10.9. The molecule has 0 bridgehead atoms. The van der Waals surface area contributed by atoms with Crippen LogP contribution in [0.25, 0.3) is 0 Å². The van der Waals surface area contributed by atoms with Crippen molar-refractivity contribution < 1.29 is 13.9 Å². The Labute approximate surface area is 151 Å². The van der Waals surface area contributed by atoms with Crippen LogP contribution in [0, 0.1) is 5.82 Å². The minimum Gasteiger partial charge on any atom is -0.493 e. The van der Waals surface area contributed by atoms with Crippen LogP contribution in [-0.2, 0) is 13.0 Å². The highest BCUT2D eigenvalue weighted by Crippen LogP contribution is 2.34. The van der Waals surface area contributed by atoms with Gasteiger partial charge in [-0.05, 0) is 56.1 Å². The molecule has 0 heterocycles. The van der Waals surface area contributed by atoms with E-state index in [0.717, 1.165) is 21.3 Å². The molecule has 1 N–H and O–H groups in total. The van der Waals surface area contributed by atoms with Gasteiger partial charge >= 0.3 is 0 Å². The van der Waals surface area contributed by atoms with Crippen LogP contribution in [0.15, 0.2) is 40.9 Å². The Hall–Kier alpha value is -1.59. The van der Waals surface area contributed by atoms with Gasteiger partial charge in [-0.3, -0.25) is 0 Å². The third kappa shape index (κ3) is 5.21. The zero-order valence-corrected chi connectivity index (χ0v) is 15.8. The summed E-state index contributed by atoms with van der Waals surface area (Å²) in [6, 6.07) is 10.7. The minimum atomic E-state index is -0.155. The Kier molecular flexibility index (Phi) is 7.06. The molecule has 0 aliphatic heterocycles. The first kappa shape index (κ1) is 18.7. The van der Waals surface area contributed by atoms with Gasteiger partial charge < -0.3 is 14.8 Å². The summed E-state index contributed by atoms with van der Waals surface area (Å²) in [5, 5.41) is 3.34. The lowest BCUT2D eigenvalue weighted by Gasteiger charge is -2.16. The van der Waals surface area contributed by atoms with Crippen LogP contribution in [0.4, 0.5) is 4.39 Å². The lowest BCUT2D eigenvalue weighted by molar-refractivity contribution is 0.230. The van der Waals surface area contributed by atoms with Gasteiger partial charge in [0.25, 0.3) is 0 Å². The van der Waals surface area contributed by atoms with E-state index in [2.05, 4.69) is 21.2 Å². The maximum atomic E-state index is 13.6. The predicted octanol–water partition coefficient (Wildman–Crippen LogP) is 4.72. The highest BCUT2D eigenvalue weighted by Gasteiger charge is 2.11. The van der Waals surface area contributed by atoms with E-state index >= 15 is 0 Å². The van der Waals surface area contributed by atoms with Crippen molar-refractivity contribution in [3.05, 3.63) is 57.8 Å². The highest BCUT2D eigenvalue weighted by molar-refractivity contribution is 9.10. The molecule has 2 rings (SSSR count). The molecule has 0 atom stereocenters. The van der Waals surface area contributed by atoms with E-state index in [0.29, 0.717) is 25.3 Å². The summed E-state index contributed by atoms with van der Waals surface area (Å²) in [4.78, 5) is 0. The Morgan fingerprint density at radius 1 is 1.12 bits per heavy atom. The van der Waals surface area contributed by atoms with Gasteiger partial charge in [0, 0.05) is 11.0 Å². The third-order valence-corrected chi connectivity index (χ3v) is 4.28. The highest BCUT2D eigenvalue weighted by atomic mass is 79.9. The fourth-order valence-corrected chi connectivity index (χ4v) is 2.83. The molecular weight excluding hydrogens is 373 g/mol. The summed E-state index contributed by atoms with van der Waals surface area (Å²) in [6.45, 7) is 5.31. The van der Waals surface area contributed by atoms with Gasteiger partial charge in [0.1, 0.15) is 5.82 Å². The lowest BCUT2D eigenvalue weighted by Crippen LogP contribution is -2.17. The van der Waals surface area contributed by atoms with Crippen molar-refractivity contribution in [2.45, 2.75) is 32.9 Å². The van der Waals surface area contributed by atoms with E-state index in [-0.39, 0.29) is 11.9 Å². The Morgan fingerprint density at radius 2 is 1.88 bits per heavy atom. The van der Waals surface area contributed by atoms with Crippen molar-refractivity contribution in [2.24, 2.45) is 0 Å². The molecule has 0 aliphatic rings. The van der Waals surface area contributed by atoms with Crippen molar-refractivity contribution in [1.29, 1.82) is 0 Å². The molecule has 0 aromatic heterocycles. The van der Waals surface area contributed by atoms with Crippen molar-refractivity contribution in [3.8, 4) is 11.5 Å². The summed E-state index contributed by atoms with van der Waals surface area (Å²) >= 11 is 3.57. The number of ether oxygens (including phenoxy) is 2. The van der Waals surface area contributed by atoms with E-state index in [1.54, 1.807) is 13.2 Å². The maximum absolute atomic E-state index is 13.6. The fraction of sp³-hybridized carbons (Fsp3) is 0.368. The maximum Gasteiger partial charge on any atom is 0.162 e. The topological polar surface area (TPSA) is 30.5 Å². The third-order valence-electron chi connectivity index (χ3n) is 3.54. The van der Waals surface area contributed by atoms with Crippen LogP contribution < -0.4 is 14.8 Å². The molecule has 0 aliphatic carbocycles. The Morgan fingerprint density at radius 3 is 2.54 bits per heavy atom. The molecule has 3 nitrogen and oxygen atoms in total. The first-order valence-corrected chi connectivity index (χ1v) is 8.77. The standard InChI is InChI=1S/C19H23BrFNO2/c1-13(2)24-19-11-16(20)15(10-18(19)23-3)12-22-9-8-14-6-4-5-7-17(14)21/h4-7,10-11,13,22H,8-9,12H2,1-3H3. The summed E-state index contributed by atoms with van der Waals surface area (Å²) in [5.41, 5.74) is 1.79. The number of rotatable bonds is 8. The molecular formula is C19H23BrFNO2. The zero-order valence-electron chi connectivity index (χ0n) is 14.2. The van der Waals surface area contributed by atoms with E-state index in [1.807, 2.05) is 38.1 Å². The Balaban J connectivity index is 1.96. The van der Waals surface area contributed by atoms with Gasteiger partial charge in [-0.25, -0.2) is 4.39 Å². The van der Waals surface area contributed by atoms with Gasteiger partial charge in [-0.1, -0.05) is 34.1 Å². The largest absolute Gasteiger partial charge is 0.493 e. The van der Waals surface area contributed by atoms with E-state index in [1.165, 1.54) is 6.07 Å². The average molecular weight is 396 g/mol. The molecule has 2 aromatic rings. The van der Waals surface area contributed by atoms with Crippen molar-refractivity contribution in [2.75, 3.05) is 13.7 Å². The molecule has 130 valence electrons. The second kappa shape index (κ2) is 9.04. The monoisotopic (exact) mass is 395 g/mol. The minimum absolute atomic E-state index is 0.0792. The molecule has 2 aromatic carbocycles. The van der Waals surface area contributed by atoms with E-state index < -0.39 is 0 Å². The molecule has 0 unspecified atom stereocenters. The number of hydrogen-bond acceptors (Lipinski definition) is 3. The Bertz CT molecular complexity index is 676. The second-order valence-corrected chi connectivity index (χ2v) is 6.63. The molecule has 0 saturated carbocycles. The van der Waals surface area contributed by atoms with Gasteiger partial charge in [-0.15, -0.1) is 0 Å². The van der Waals surface area contributed by atoms with Crippen LogP contribution >= 0.6 is 15.9 Å². The first-order chi connectivity index (χ1) is 11.5. The number of nitrogens with one attached hydrogen (secondary N) is 1. The number of benzene rings is 2.